The number of benzene rings is 1. The molecule has 22 heavy (non-hydrogen) atoms. The van der Waals surface area contributed by atoms with E-state index in [9.17, 15) is 19.2 Å². The third-order valence-corrected chi connectivity index (χ3v) is 3.65. The summed E-state index contributed by atoms with van der Waals surface area (Å²) in [7, 11) is 0. The minimum atomic E-state index is -0.435. The fourth-order valence-electron chi connectivity index (χ4n) is 1.46. The van der Waals surface area contributed by atoms with Crippen LogP contribution in [0.25, 0.3) is 0 Å². The number of hydrogen-bond donors (Lipinski definition) is 2. The number of thioether (sulfide) groups is 1. The molecule has 1 aromatic rings. The number of rotatable bonds is 8. The fraction of sp³-hybridized carbons (Fsp3) is 0.286. The van der Waals surface area contributed by atoms with Gasteiger partial charge in [0.1, 0.15) is 12.2 Å². The van der Waals surface area contributed by atoms with Crippen molar-refractivity contribution in [2.75, 3.05) is 19.0 Å². The van der Waals surface area contributed by atoms with Gasteiger partial charge < -0.3 is 15.4 Å². The van der Waals surface area contributed by atoms with Gasteiger partial charge in [0.2, 0.25) is 11.0 Å². The molecule has 118 valence electrons. The quantitative estimate of drug-likeness (QED) is 0.318. The van der Waals surface area contributed by atoms with Crippen molar-refractivity contribution in [3.8, 4) is 0 Å². The van der Waals surface area contributed by atoms with E-state index in [0.717, 1.165) is 11.8 Å². The molecule has 0 unspecified atom stereocenters. The van der Waals surface area contributed by atoms with Crippen LogP contribution in [0.15, 0.2) is 29.2 Å². The van der Waals surface area contributed by atoms with Gasteiger partial charge in [-0.05, 0) is 23.9 Å². The predicted molar refractivity (Wildman–Crippen MR) is 84.0 cm³/mol. The first kappa shape index (κ1) is 18.2. The molecule has 0 aromatic heterocycles. The van der Waals surface area contributed by atoms with Crippen molar-refractivity contribution in [1.82, 2.24) is 10.6 Å². The standard InChI is InChI=1S/C14H15ClN2O4S/c15-8-12(19)17-9-13(20)22-11-5-2-1-4-10(11)14(21)16-6-3-7-18/h1-2,4-5,7H,3,6,8-9H2,(H,16,21)(H,17,19). The Kier molecular flexibility index (Phi) is 8.24. The molecule has 0 spiro atoms. The van der Waals surface area contributed by atoms with Crippen LogP contribution >= 0.6 is 23.4 Å². The Morgan fingerprint density at radius 2 is 1.91 bits per heavy atom. The van der Waals surface area contributed by atoms with Crippen molar-refractivity contribution < 1.29 is 19.2 Å². The molecule has 1 rings (SSSR count). The first-order valence-corrected chi connectivity index (χ1v) is 7.77. The second kappa shape index (κ2) is 9.97. The van der Waals surface area contributed by atoms with Crippen molar-refractivity contribution in [3.05, 3.63) is 29.8 Å². The summed E-state index contributed by atoms with van der Waals surface area (Å²) in [5.41, 5.74) is 0.343. The largest absolute Gasteiger partial charge is 0.352 e. The van der Waals surface area contributed by atoms with Crippen LogP contribution in [0.5, 0.6) is 0 Å². The minimum absolute atomic E-state index is 0.169. The molecule has 0 radical (unpaired) electrons. The van der Waals surface area contributed by atoms with Gasteiger partial charge in [-0.3, -0.25) is 14.4 Å². The van der Waals surface area contributed by atoms with Gasteiger partial charge in [-0.2, -0.15) is 0 Å². The fourth-order valence-corrected chi connectivity index (χ4v) is 2.36. The highest BCUT2D eigenvalue weighted by Gasteiger charge is 2.14. The average molecular weight is 343 g/mol. The van der Waals surface area contributed by atoms with E-state index in [-0.39, 0.29) is 36.4 Å². The smallest absolute Gasteiger partial charge is 0.252 e. The molecule has 0 aliphatic carbocycles. The van der Waals surface area contributed by atoms with Gasteiger partial charge in [-0.25, -0.2) is 0 Å². The number of alkyl halides is 1. The van der Waals surface area contributed by atoms with Crippen LogP contribution in [0, 0.1) is 0 Å². The van der Waals surface area contributed by atoms with Crippen molar-refractivity contribution in [1.29, 1.82) is 0 Å². The molecule has 1 aromatic carbocycles. The van der Waals surface area contributed by atoms with Gasteiger partial charge >= 0.3 is 0 Å². The molecule has 0 atom stereocenters. The molecule has 6 nitrogen and oxygen atoms in total. The van der Waals surface area contributed by atoms with Crippen LogP contribution in [-0.2, 0) is 14.4 Å². The third kappa shape index (κ3) is 6.28. The molecule has 0 saturated heterocycles. The Labute approximate surface area is 137 Å². The van der Waals surface area contributed by atoms with Gasteiger partial charge in [0, 0.05) is 17.9 Å². The lowest BCUT2D eigenvalue weighted by Gasteiger charge is -2.08. The summed E-state index contributed by atoms with van der Waals surface area (Å²) >= 11 is 6.18. The zero-order valence-electron chi connectivity index (χ0n) is 11.6. The van der Waals surface area contributed by atoms with Gasteiger partial charge in [0.25, 0.3) is 5.91 Å². The van der Waals surface area contributed by atoms with Crippen LogP contribution in [0.2, 0.25) is 0 Å². The van der Waals surface area contributed by atoms with Crippen LogP contribution in [0.4, 0.5) is 0 Å². The highest BCUT2D eigenvalue weighted by atomic mass is 35.5. The first-order chi connectivity index (χ1) is 10.6. The number of carbonyl (C=O) groups is 4. The molecule has 8 heteroatoms. The Bertz CT molecular complexity index is 566. The SMILES string of the molecule is O=CCCNC(=O)c1ccccc1SC(=O)CNC(=O)CCl. The Morgan fingerprint density at radius 1 is 1.18 bits per heavy atom. The zero-order chi connectivity index (χ0) is 16.4. The van der Waals surface area contributed by atoms with E-state index in [1.54, 1.807) is 24.3 Å². The molecular formula is C14H15ClN2O4S. The summed E-state index contributed by atoms with van der Waals surface area (Å²) in [6.07, 6.45) is 0.939. The summed E-state index contributed by atoms with van der Waals surface area (Å²) in [5, 5.41) is 4.64. The summed E-state index contributed by atoms with van der Waals surface area (Å²) < 4.78 is 0. The molecule has 2 amide bonds. The predicted octanol–water partition coefficient (Wildman–Crippen LogP) is 0.979. The Hall–Kier alpha value is -1.86. The van der Waals surface area contributed by atoms with Gasteiger partial charge in [-0.1, -0.05) is 12.1 Å². The summed E-state index contributed by atoms with van der Waals surface area (Å²) in [6, 6.07) is 6.61. The summed E-state index contributed by atoms with van der Waals surface area (Å²) in [6.45, 7) is 0.0678. The molecule has 2 N–H and O–H groups in total. The van der Waals surface area contributed by atoms with Crippen LogP contribution in [-0.4, -0.2) is 42.2 Å². The monoisotopic (exact) mass is 342 g/mol. The van der Waals surface area contributed by atoms with E-state index >= 15 is 0 Å². The van der Waals surface area contributed by atoms with E-state index in [1.807, 2.05) is 0 Å². The lowest BCUT2D eigenvalue weighted by atomic mass is 10.2. The molecule has 0 aliphatic heterocycles. The Balaban J connectivity index is 2.66. The normalized spacial score (nSPS) is 9.86. The van der Waals surface area contributed by atoms with E-state index in [2.05, 4.69) is 10.6 Å². The minimum Gasteiger partial charge on any atom is -0.352 e. The van der Waals surface area contributed by atoms with Crippen molar-refractivity contribution >= 4 is 46.6 Å². The van der Waals surface area contributed by atoms with Gasteiger partial charge in [0.05, 0.1) is 12.1 Å². The highest BCUT2D eigenvalue weighted by Crippen LogP contribution is 2.23. The summed E-state index contributed by atoms with van der Waals surface area (Å²) in [5.74, 6) is -1.01. The second-order valence-corrected chi connectivity index (χ2v) is 5.46. The second-order valence-electron chi connectivity index (χ2n) is 4.09. The number of amides is 2. The van der Waals surface area contributed by atoms with E-state index in [0.29, 0.717) is 16.7 Å². The van der Waals surface area contributed by atoms with E-state index < -0.39 is 5.91 Å². The van der Waals surface area contributed by atoms with Crippen LogP contribution < -0.4 is 10.6 Å². The van der Waals surface area contributed by atoms with Crippen molar-refractivity contribution in [3.63, 3.8) is 0 Å². The number of aldehydes is 1. The van der Waals surface area contributed by atoms with Crippen molar-refractivity contribution in [2.45, 2.75) is 11.3 Å². The van der Waals surface area contributed by atoms with Crippen molar-refractivity contribution in [2.24, 2.45) is 0 Å². The maximum absolute atomic E-state index is 12.0. The number of nitrogens with one attached hydrogen (secondary N) is 2. The highest BCUT2D eigenvalue weighted by molar-refractivity contribution is 8.13. The molecule has 0 saturated carbocycles. The first-order valence-electron chi connectivity index (χ1n) is 6.42. The third-order valence-electron chi connectivity index (χ3n) is 2.45. The van der Waals surface area contributed by atoms with Gasteiger partial charge in [-0.15, -0.1) is 11.6 Å². The van der Waals surface area contributed by atoms with E-state index in [4.69, 9.17) is 11.6 Å². The zero-order valence-corrected chi connectivity index (χ0v) is 13.2. The Morgan fingerprint density at radius 3 is 2.59 bits per heavy atom. The van der Waals surface area contributed by atoms with E-state index in [1.165, 1.54) is 0 Å². The lowest BCUT2D eigenvalue weighted by molar-refractivity contribution is -0.120. The number of halogens is 1. The average Bonchev–Trinajstić information content (AvgIpc) is 2.53. The maximum atomic E-state index is 12.0. The maximum Gasteiger partial charge on any atom is 0.252 e. The number of carbonyl (C=O) groups excluding carboxylic acids is 4. The topological polar surface area (TPSA) is 92.3 Å². The molecule has 0 bridgehead atoms. The van der Waals surface area contributed by atoms with Crippen LogP contribution in [0.3, 0.4) is 0 Å². The molecule has 0 fully saturated rings. The number of hydrogen-bond acceptors (Lipinski definition) is 5. The van der Waals surface area contributed by atoms with Gasteiger partial charge in [0.15, 0.2) is 0 Å². The summed E-state index contributed by atoms with van der Waals surface area (Å²) in [4.78, 5) is 45.5. The lowest BCUT2D eigenvalue weighted by Crippen LogP contribution is -2.29. The van der Waals surface area contributed by atoms with Crippen LogP contribution in [0.1, 0.15) is 16.8 Å². The molecule has 0 aliphatic rings. The molecular weight excluding hydrogens is 328 g/mol. The molecule has 0 heterocycles.